The van der Waals surface area contributed by atoms with Gasteiger partial charge in [-0.25, -0.2) is 0 Å². The van der Waals surface area contributed by atoms with Crippen LogP contribution in [0.4, 0.5) is 13.2 Å². The summed E-state index contributed by atoms with van der Waals surface area (Å²) in [7, 11) is 5.02. The molecule has 0 aliphatic heterocycles. The fourth-order valence-electron chi connectivity index (χ4n) is 2.33. The highest BCUT2D eigenvalue weighted by Crippen LogP contribution is 2.31. The van der Waals surface area contributed by atoms with E-state index in [4.69, 9.17) is 0 Å². The van der Waals surface area contributed by atoms with Crippen molar-refractivity contribution in [2.75, 3.05) is 34.2 Å². The Morgan fingerprint density at radius 1 is 1.23 bits per heavy atom. The van der Waals surface area contributed by atoms with Gasteiger partial charge in [0.1, 0.15) is 0 Å². The highest BCUT2D eigenvalue weighted by molar-refractivity contribution is 5.81. The van der Waals surface area contributed by atoms with Crippen LogP contribution in [0.1, 0.15) is 36.8 Å². The van der Waals surface area contributed by atoms with Gasteiger partial charge in [-0.3, -0.25) is 9.79 Å². The van der Waals surface area contributed by atoms with Crippen molar-refractivity contribution in [3.63, 3.8) is 0 Å². The Labute approximate surface area is 152 Å². The topological polar surface area (TPSA) is 56.7 Å². The number of nitrogens with one attached hydrogen (secondary N) is 2. The number of hydrogen-bond acceptors (Lipinski definition) is 2. The summed E-state index contributed by atoms with van der Waals surface area (Å²) < 4.78 is 38.4. The van der Waals surface area contributed by atoms with Gasteiger partial charge >= 0.3 is 6.18 Å². The molecule has 0 aromatic heterocycles. The van der Waals surface area contributed by atoms with Crippen LogP contribution in [0.2, 0.25) is 0 Å². The Hall–Kier alpha value is -2.25. The molecule has 0 spiro atoms. The van der Waals surface area contributed by atoms with Crippen LogP contribution >= 0.6 is 0 Å². The van der Waals surface area contributed by atoms with E-state index in [1.54, 1.807) is 27.2 Å². The summed E-state index contributed by atoms with van der Waals surface area (Å²) in [6, 6.07) is 5.42. The minimum Gasteiger partial charge on any atom is -0.356 e. The number of aliphatic imine (C=N–C) groups is 1. The molecule has 1 unspecified atom stereocenters. The zero-order valence-electron chi connectivity index (χ0n) is 15.7. The first-order valence-electron chi connectivity index (χ1n) is 8.47. The van der Waals surface area contributed by atoms with Gasteiger partial charge in [0.25, 0.3) is 0 Å². The number of amides is 1. The van der Waals surface area contributed by atoms with Crippen LogP contribution in [0, 0.1) is 0 Å². The standard InChI is InChI=1S/C18H27F3N4O/c1-13(14-6-5-7-15(12-14)18(19,20)21)8-10-23-17(22-2)24-11-9-16(26)25(3)4/h5-7,12-13H,8-11H2,1-4H3,(H2,22,23,24). The van der Waals surface area contributed by atoms with Crippen LogP contribution in [0.3, 0.4) is 0 Å². The predicted molar refractivity (Wildman–Crippen MR) is 97.2 cm³/mol. The summed E-state index contributed by atoms with van der Waals surface area (Å²) in [5.74, 6) is 0.553. The Bertz CT molecular complexity index is 615. The molecule has 146 valence electrons. The first-order valence-corrected chi connectivity index (χ1v) is 8.47. The molecule has 8 heteroatoms. The second kappa shape index (κ2) is 10.0. The predicted octanol–water partition coefficient (Wildman–Crippen LogP) is 2.84. The van der Waals surface area contributed by atoms with Crippen molar-refractivity contribution in [3.05, 3.63) is 35.4 Å². The second-order valence-electron chi connectivity index (χ2n) is 6.28. The highest BCUT2D eigenvalue weighted by atomic mass is 19.4. The van der Waals surface area contributed by atoms with Crippen molar-refractivity contribution in [1.82, 2.24) is 15.5 Å². The molecule has 0 saturated heterocycles. The molecule has 0 bridgehead atoms. The van der Waals surface area contributed by atoms with Crippen LogP contribution < -0.4 is 10.6 Å². The molecular weight excluding hydrogens is 345 g/mol. The molecule has 0 aliphatic carbocycles. The third-order valence-corrected chi connectivity index (χ3v) is 4.01. The van der Waals surface area contributed by atoms with Gasteiger partial charge < -0.3 is 15.5 Å². The van der Waals surface area contributed by atoms with E-state index in [1.807, 2.05) is 6.92 Å². The van der Waals surface area contributed by atoms with Crippen LogP contribution in [0.5, 0.6) is 0 Å². The Kier molecular flexibility index (Phi) is 8.41. The maximum Gasteiger partial charge on any atom is 0.416 e. The van der Waals surface area contributed by atoms with E-state index < -0.39 is 11.7 Å². The Morgan fingerprint density at radius 2 is 1.88 bits per heavy atom. The molecule has 0 fully saturated rings. The lowest BCUT2D eigenvalue weighted by Gasteiger charge is -2.17. The summed E-state index contributed by atoms with van der Waals surface area (Å²) in [6.45, 7) is 2.90. The number of carbonyl (C=O) groups excluding carboxylic acids is 1. The van der Waals surface area contributed by atoms with Crippen molar-refractivity contribution in [2.24, 2.45) is 4.99 Å². The number of guanidine groups is 1. The average molecular weight is 372 g/mol. The molecule has 1 aromatic rings. The molecule has 26 heavy (non-hydrogen) atoms. The minimum absolute atomic E-state index is 0.0196. The van der Waals surface area contributed by atoms with Gasteiger partial charge in [0.15, 0.2) is 5.96 Å². The van der Waals surface area contributed by atoms with Crippen molar-refractivity contribution >= 4 is 11.9 Å². The second-order valence-corrected chi connectivity index (χ2v) is 6.28. The fourth-order valence-corrected chi connectivity index (χ4v) is 2.33. The number of alkyl halides is 3. The SMILES string of the molecule is CN=C(NCCC(=O)N(C)C)NCCC(C)c1cccc(C(F)(F)F)c1. The van der Waals surface area contributed by atoms with E-state index in [2.05, 4.69) is 15.6 Å². The summed E-state index contributed by atoms with van der Waals surface area (Å²) in [5.41, 5.74) is 0.0268. The van der Waals surface area contributed by atoms with Crippen LogP contribution in [-0.4, -0.2) is 51.0 Å². The molecule has 2 N–H and O–H groups in total. The average Bonchev–Trinajstić information content (AvgIpc) is 2.59. The Morgan fingerprint density at radius 3 is 2.46 bits per heavy atom. The van der Waals surface area contributed by atoms with Crippen LogP contribution in [0.25, 0.3) is 0 Å². The summed E-state index contributed by atoms with van der Waals surface area (Å²) in [4.78, 5) is 17.1. The summed E-state index contributed by atoms with van der Waals surface area (Å²) in [5, 5.41) is 6.15. The third kappa shape index (κ3) is 7.33. The van der Waals surface area contributed by atoms with E-state index in [9.17, 15) is 18.0 Å². The van der Waals surface area contributed by atoms with E-state index >= 15 is 0 Å². The van der Waals surface area contributed by atoms with Crippen LogP contribution in [-0.2, 0) is 11.0 Å². The number of carbonyl (C=O) groups is 1. The number of nitrogens with zero attached hydrogens (tertiary/aromatic N) is 2. The van der Waals surface area contributed by atoms with Crippen molar-refractivity contribution in [2.45, 2.75) is 31.9 Å². The van der Waals surface area contributed by atoms with Crippen molar-refractivity contribution in [3.8, 4) is 0 Å². The van der Waals surface area contributed by atoms with Gasteiger partial charge in [-0.15, -0.1) is 0 Å². The molecule has 1 rings (SSSR count). The number of rotatable bonds is 7. The van der Waals surface area contributed by atoms with Crippen LogP contribution in [0.15, 0.2) is 29.3 Å². The number of benzene rings is 1. The first kappa shape index (κ1) is 21.8. The summed E-state index contributed by atoms with van der Waals surface area (Å²) in [6.07, 6.45) is -3.32. The highest BCUT2D eigenvalue weighted by Gasteiger charge is 2.30. The molecule has 1 aromatic carbocycles. The molecule has 5 nitrogen and oxygen atoms in total. The molecular formula is C18H27F3N4O. The zero-order chi connectivity index (χ0) is 19.7. The Balaban J connectivity index is 2.45. The molecule has 0 heterocycles. The van der Waals surface area contributed by atoms with E-state index in [1.165, 1.54) is 17.0 Å². The van der Waals surface area contributed by atoms with Gasteiger partial charge in [0.05, 0.1) is 5.56 Å². The fraction of sp³-hybridized carbons (Fsp3) is 0.556. The van der Waals surface area contributed by atoms with Gasteiger partial charge in [0.2, 0.25) is 5.91 Å². The zero-order valence-corrected chi connectivity index (χ0v) is 15.7. The van der Waals surface area contributed by atoms with Gasteiger partial charge in [-0.2, -0.15) is 13.2 Å². The minimum atomic E-state index is -4.33. The third-order valence-electron chi connectivity index (χ3n) is 4.01. The van der Waals surface area contributed by atoms with E-state index in [0.717, 1.165) is 6.07 Å². The van der Waals surface area contributed by atoms with E-state index in [-0.39, 0.29) is 11.8 Å². The normalized spacial score (nSPS) is 13.3. The lowest BCUT2D eigenvalue weighted by molar-refractivity contribution is -0.137. The summed E-state index contributed by atoms with van der Waals surface area (Å²) >= 11 is 0. The lowest BCUT2D eigenvalue weighted by atomic mass is 9.96. The quantitative estimate of drug-likeness (QED) is 0.572. The molecule has 0 radical (unpaired) electrons. The van der Waals surface area contributed by atoms with Gasteiger partial charge in [-0.1, -0.05) is 25.1 Å². The molecule has 0 aliphatic rings. The molecule has 1 atom stereocenters. The number of hydrogen-bond donors (Lipinski definition) is 2. The van der Waals surface area contributed by atoms with E-state index in [0.29, 0.717) is 37.5 Å². The smallest absolute Gasteiger partial charge is 0.356 e. The molecule has 0 saturated carbocycles. The van der Waals surface area contributed by atoms with Crippen molar-refractivity contribution in [1.29, 1.82) is 0 Å². The first-order chi connectivity index (χ1) is 12.1. The maximum atomic E-state index is 12.8. The lowest BCUT2D eigenvalue weighted by Crippen LogP contribution is -2.39. The van der Waals surface area contributed by atoms with Crippen molar-refractivity contribution < 1.29 is 18.0 Å². The molecule has 1 amide bonds. The largest absolute Gasteiger partial charge is 0.416 e. The van der Waals surface area contributed by atoms with Gasteiger partial charge in [-0.05, 0) is 24.0 Å². The van der Waals surface area contributed by atoms with Gasteiger partial charge in [0, 0.05) is 40.7 Å². The monoisotopic (exact) mass is 372 g/mol. The maximum absolute atomic E-state index is 12.8. The number of halogens is 3.